The monoisotopic (exact) mass is 705 g/mol. The summed E-state index contributed by atoms with van der Waals surface area (Å²) in [6.45, 7) is 22.8. The molecule has 0 amide bonds. The second-order valence-corrected chi connectivity index (χ2v) is 13.3. The Balaban J connectivity index is 0.000000645. The van der Waals surface area contributed by atoms with Crippen LogP contribution < -0.4 is 9.97 Å². The molecule has 0 saturated carbocycles. The summed E-state index contributed by atoms with van der Waals surface area (Å²) >= 11 is 0. The van der Waals surface area contributed by atoms with Gasteiger partial charge in [-0.3, -0.25) is 0 Å². The van der Waals surface area contributed by atoms with Crippen LogP contribution >= 0.6 is 0 Å². The van der Waals surface area contributed by atoms with Gasteiger partial charge in [0, 0.05) is 20.8 Å². The molecule has 2 aliphatic rings. The van der Waals surface area contributed by atoms with Crippen LogP contribution in [-0.4, -0.2) is 20.4 Å². The molecule has 0 saturated heterocycles. The third-order valence-electron chi connectivity index (χ3n) is 9.46. The van der Waals surface area contributed by atoms with Gasteiger partial charge in [-0.05, 0) is 85.0 Å². The van der Waals surface area contributed by atoms with E-state index in [2.05, 4.69) is 84.9 Å². The van der Waals surface area contributed by atoms with Crippen LogP contribution in [0.4, 0.5) is 0 Å². The summed E-state index contributed by atoms with van der Waals surface area (Å²) in [4.78, 5) is 21.1. The Labute approximate surface area is 303 Å². The van der Waals surface area contributed by atoms with Crippen molar-refractivity contribution < 1.29 is 21.9 Å². The summed E-state index contributed by atoms with van der Waals surface area (Å²) in [6, 6.07) is 8.98. The molecule has 8 bridgehead atoms. The molecule has 5 rings (SSSR count). The Bertz CT molecular complexity index is 1800. The number of aromatic nitrogens is 4. The molecule has 0 fully saturated rings. The van der Waals surface area contributed by atoms with Crippen molar-refractivity contribution in [1.82, 2.24) is 19.9 Å². The van der Waals surface area contributed by atoms with Crippen molar-refractivity contribution in [3.8, 4) is 0 Å². The third kappa shape index (κ3) is 7.89. The van der Waals surface area contributed by atoms with Crippen LogP contribution in [0.25, 0.3) is 44.4 Å². The second kappa shape index (κ2) is 16.8. The van der Waals surface area contributed by atoms with Crippen molar-refractivity contribution in [3.63, 3.8) is 0 Å². The minimum Gasteiger partial charge on any atom is -0.739 e. The Kier molecular flexibility index (Phi) is 13.6. The Morgan fingerprint density at radius 3 is 1.04 bits per heavy atom. The molecule has 8 nitrogen and oxygen atoms in total. The Morgan fingerprint density at radius 1 is 0.531 bits per heavy atom. The maximum absolute atomic E-state index is 10.3. The van der Waals surface area contributed by atoms with Crippen LogP contribution in [0.1, 0.15) is 147 Å². The molecule has 49 heavy (non-hydrogen) atoms. The van der Waals surface area contributed by atoms with Gasteiger partial charge in [-0.2, -0.15) is 0 Å². The van der Waals surface area contributed by atoms with Gasteiger partial charge in [0.1, 0.15) is 0 Å². The fourth-order valence-corrected chi connectivity index (χ4v) is 7.05. The van der Waals surface area contributed by atoms with E-state index in [1.54, 1.807) is 20.8 Å². The standard InChI is InChI=1S/C36H44N4.C4H10N2O2.Fe/c1-9-21-22(10-2)30-18-32-25(13-5)26(14-6)34(39-32)20-36-28(16-8)27(15-7)35(40-36)19-33-24(12-4)23(11-3)31(38-33)17-29(21)37-30;1-4(2,3)6(8)5-7;/h17-20H,9-16H2,1-8H3;7H,1-3H3;/q-2;;+3/p-1/b;6-5-;. The molecule has 0 unspecified atom stereocenters. The van der Waals surface area contributed by atoms with E-state index < -0.39 is 5.54 Å². The molecule has 5 heterocycles. The zero-order valence-corrected chi connectivity index (χ0v) is 32.4. The zero-order chi connectivity index (χ0) is 35.3. The normalized spacial score (nSPS) is 13.4. The van der Waals surface area contributed by atoms with Gasteiger partial charge in [0.05, 0.1) is 22.8 Å². The van der Waals surface area contributed by atoms with E-state index in [0.717, 1.165) is 96.2 Å². The van der Waals surface area contributed by atoms with Crippen molar-refractivity contribution in [2.45, 2.75) is 133 Å². The van der Waals surface area contributed by atoms with E-state index in [0.29, 0.717) is 0 Å². The second-order valence-electron chi connectivity index (χ2n) is 13.3. The van der Waals surface area contributed by atoms with E-state index in [9.17, 15) is 10.4 Å². The van der Waals surface area contributed by atoms with Gasteiger partial charge in [0.2, 0.25) is 0 Å². The van der Waals surface area contributed by atoms with Crippen LogP contribution in [0.3, 0.4) is 0 Å². The predicted molar refractivity (Wildman–Crippen MR) is 200 cm³/mol. The summed E-state index contributed by atoms with van der Waals surface area (Å²) < 4.78 is 0. The van der Waals surface area contributed by atoms with Gasteiger partial charge in [-0.15, -0.1) is 22.1 Å². The fourth-order valence-electron chi connectivity index (χ4n) is 7.05. The van der Waals surface area contributed by atoms with Crippen LogP contribution in [0.15, 0.2) is 29.5 Å². The molecule has 9 heteroatoms. The Hall–Kier alpha value is -3.68. The number of allylic oxidation sites excluding steroid dienone is 4. The molecule has 3 aromatic rings. The molecule has 0 N–H and O–H groups in total. The first kappa shape index (κ1) is 39.8. The first-order chi connectivity index (χ1) is 22.9. The van der Waals surface area contributed by atoms with Crippen LogP contribution in [0.5, 0.6) is 0 Å². The number of hydrogen-bond donors (Lipinski definition) is 0. The molecule has 0 spiro atoms. The molecule has 0 aliphatic carbocycles. The van der Waals surface area contributed by atoms with E-state index in [-0.39, 0.29) is 21.9 Å². The quantitative estimate of drug-likeness (QED) is 0.0997. The molecule has 263 valence electrons. The molecular weight excluding hydrogens is 652 g/mol. The SMILES string of the molecule is CC(C)(C)/[N+]([O-])=N/[O-].CCC1=C(CC)c2cc3[n-]c(cc4[n-]c(cc5nc(cc1n2)C(CC)=C5CC)c(CC)c4CC)c(CC)c3CC.[Fe+3]. The van der Waals surface area contributed by atoms with Gasteiger partial charge >= 0.3 is 17.1 Å². The first-order valence-corrected chi connectivity index (χ1v) is 17.9. The molecule has 1 radical (unpaired) electrons. The minimum atomic E-state index is -0.693. The largest absolute Gasteiger partial charge is 3.00 e. The maximum atomic E-state index is 10.3. The van der Waals surface area contributed by atoms with Crippen LogP contribution in [0, 0.1) is 10.4 Å². The van der Waals surface area contributed by atoms with E-state index in [1.807, 2.05) is 0 Å². The van der Waals surface area contributed by atoms with E-state index in [4.69, 9.17) is 19.9 Å². The zero-order valence-electron chi connectivity index (χ0n) is 31.3. The third-order valence-corrected chi connectivity index (χ3v) is 9.46. The average Bonchev–Trinajstić information content (AvgIpc) is 3.79. The fraction of sp³-hybridized carbons (Fsp3) is 0.500. The topological polar surface area (TPSA) is 115 Å². The number of aryl methyl sites for hydroxylation is 4. The van der Waals surface area contributed by atoms with E-state index in [1.165, 1.54) is 44.5 Å². The van der Waals surface area contributed by atoms with Crippen LogP contribution in [-0.2, 0) is 42.8 Å². The summed E-state index contributed by atoms with van der Waals surface area (Å²) in [5.74, 6) is 0. The number of hydrogen-bond acceptors (Lipinski definition) is 5. The van der Waals surface area contributed by atoms with Gasteiger partial charge in [0.15, 0.2) is 5.54 Å². The number of nitrogens with zero attached hydrogens (tertiary/aromatic N) is 6. The molecule has 0 aromatic carbocycles. The molecule has 3 aromatic heterocycles. The number of hydroxylamine groups is 1. The summed E-state index contributed by atoms with van der Waals surface area (Å²) in [7, 11) is 0. The summed E-state index contributed by atoms with van der Waals surface area (Å²) in [5, 5.41) is 22.0. The average molecular weight is 706 g/mol. The smallest absolute Gasteiger partial charge is 0.739 e. The van der Waals surface area contributed by atoms with Gasteiger partial charge in [0.25, 0.3) is 0 Å². The summed E-state index contributed by atoms with van der Waals surface area (Å²) in [6.07, 6.45) is 7.60. The number of rotatable bonds is 8. The van der Waals surface area contributed by atoms with Crippen molar-refractivity contribution in [2.75, 3.05) is 0 Å². The van der Waals surface area contributed by atoms with Gasteiger partial charge in [-0.25, -0.2) is 9.97 Å². The summed E-state index contributed by atoms with van der Waals surface area (Å²) in [5.41, 5.74) is 18.4. The molecular formula is C40H53FeN6O2. The van der Waals surface area contributed by atoms with E-state index >= 15 is 0 Å². The first-order valence-electron chi connectivity index (χ1n) is 17.9. The predicted octanol–water partition coefficient (Wildman–Crippen LogP) is 10.5. The van der Waals surface area contributed by atoms with Gasteiger partial charge in [-0.1, -0.05) is 101 Å². The van der Waals surface area contributed by atoms with Crippen molar-refractivity contribution >= 4 is 44.4 Å². The molecule has 0 atom stereocenters. The van der Waals surface area contributed by atoms with Crippen molar-refractivity contribution in [1.29, 1.82) is 0 Å². The minimum absolute atomic E-state index is 0. The Morgan fingerprint density at radius 2 is 0.816 bits per heavy atom. The maximum Gasteiger partial charge on any atom is 3.00 e. The van der Waals surface area contributed by atoms with Gasteiger partial charge < -0.3 is 20.4 Å². The molecule has 2 aliphatic heterocycles. The number of fused-ring (bicyclic) bond motifs is 8. The van der Waals surface area contributed by atoms with Crippen molar-refractivity contribution in [2.24, 2.45) is 5.28 Å². The van der Waals surface area contributed by atoms with Crippen LogP contribution in [0.2, 0.25) is 0 Å². The van der Waals surface area contributed by atoms with Crippen molar-refractivity contribution in [3.05, 3.63) is 79.7 Å².